The maximum atomic E-state index is 10.5. The topological polar surface area (TPSA) is 41.5 Å². The molecule has 2 rings (SSSR count). The van der Waals surface area contributed by atoms with Crippen LogP contribution >= 0.6 is 0 Å². The van der Waals surface area contributed by atoms with E-state index in [-0.39, 0.29) is 6.04 Å². The van der Waals surface area contributed by atoms with Gasteiger partial charge in [0, 0.05) is 6.04 Å². The molecule has 3 nitrogen and oxygen atoms in total. The van der Waals surface area contributed by atoms with Crippen molar-refractivity contribution in [3.63, 3.8) is 0 Å². The summed E-state index contributed by atoms with van der Waals surface area (Å²) in [5.41, 5.74) is 0.135. The second-order valence-corrected chi connectivity index (χ2v) is 4.52. The lowest BCUT2D eigenvalue weighted by Crippen LogP contribution is -2.42. The molecule has 0 radical (unpaired) electrons. The van der Waals surface area contributed by atoms with Crippen LogP contribution in [0.4, 0.5) is 0 Å². The van der Waals surface area contributed by atoms with E-state index in [1.807, 2.05) is 31.2 Å². The van der Waals surface area contributed by atoms with E-state index in [0.29, 0.717) is 0 Å². The summed E-state index contributed by atoms with van der Waals surface area (Å²) in [5, 5.41) is 13.9. The highest BCUT2D eigenvalue weighted by atomic mass is 16.5. The lowest BCUT2D eigenvalue weighted by molar-refractivity contribution is 0.0218. The molecule has 2 unspecified atom stereocenters. The molecule has 2 N–H and O–H groups in total. The summed E-state index contributed by atoms with van der Waals surface area (Å²) >= 11 is 0. The van der Waals surface area contributed by atoms with Gasteiger partial charge in [0.15, 0.2) is 0 Å². The van der Waals surface area contributed by atoms with Crippen molar-refractivity contribution in [2.24, 2.45) is 0 Å². The number of nitrogens with one attached hydrogen (secondary N) is 1. The van der Waals surface area contributed by atoms with E-state index in [0.717, 1.165) is 30.7 Å². The maximum absolute atomic E-state index is 10.5. The smallest absolute Gasteiger partial charge is 0.118 e. The van der Waals surface area contributed by atoms with Crippen LogP contribution in [-0.2, 0) is 5.60 Å². The van der Waals surface area contributed by atoms with E-state index in [1.54, 1.807) is 7.11 Å². The third kappa shape index (κ3) is 2.06. The number of benzene rings is 1. The van der Waals surface area contributed by atoms with Crippen molar-refractivity contribution < 1.29 is 9.84 Å². The molecule has 1 fully saturated rings. The summed E-state index contributed by atoms with van der Waals surface area (Å²) in [6.07, 6.45) is 2.16. The Morgan fingerprint density at radius 2 is 2.06 bits per heavy atom. The van der Waals surface area contributed by atoms with Crippen LogP contribution in [0.25, 0.3) is 0 Å². The average Bonchev–Trinajstić information content (AvgIpc) is 2.83. The molecular formula is C13H19NO2. The zero-order valence-corrected chi connectivity index (χ0v) is 9.86. The predicted octanol–water partition coefficient (Wildman–Crippen LogP) is 1.65. The zero-order chi connectivity index (χ0) is 11.6. The van der Waals surface area contributed by atoms with Crippen molar-refractivity contribution in [1.82, 2.24) is 5.32 Å². The largest absolute Gasteiger partial charge is 0.497 e. The van der Waals surface area contributed by atoms with Crippen LogP contribution in [0.15, 0.2) is 24.3 Å². The zero-order valence-electron chi connectivity index (χ0n) is 9.86. The molecular weight excluding hydrogens is 202 g/mol. The minimum absolute atomic E-state index is 0.154. The lowest BCUT2D eigenvalue weighted by Gasteiger charge is -2.30. The van der Waals surface area contributed by atoms with Gasteiger partial charge < -0.3 is 15.2 Å². The molecule has 1 aromatic carbocycles. The standard InChI is InChI=1S/C13H19NO2/c1-13(15,12-4-3-9-14-12)10-5-7-11(16-2)8-6-10/h5-8,12,14-15H,3-4,9H2,1-2H3. The minimum atomic E-state index is -0.803. The van der Waals surface area contributed by atoms with Crippen molar-refractivity contribution in [2.75, 3.05) is 13.7 Å². The normalized spacial score (nSPS) is 24.1. The monoisotopic (exact) mass is 221 g/mol. The molecule has 1 saturated heterocycles. The molecule has 0 saturated carbocycles. The second kappa shape index (κ2) is 4.44. The van der Waals surface area contributed by atoms with E-state index in [2.05, 4.69) is 5.32 Å². The summed E-state index contributed by atoms with van der Waals surface area (Å²) in [7, 11) is 1.64. The van der Waals surface area contributed by atoms with Crippen LogP contribution in [0.2, 0.25) is 0 Å². The molecule has 2 atom stereocenters. The number of hydrogen-bond donors (Lipinski definition) is 2. The number of methoxy groups -OCH3 is 1. The number of hydrogen-bond acceptors (Lipinski definition) is 3. The highest BCUT2D eigenvalue weighted by Gasteiger charge is 2.35. The van der Waals surface area contributed by atoms with E-state index >= 15 is 0 Å². The predicted molar refractivity (Wildman–Crippen MR) is 63.6 cm³/mol. The highest BCUT2D eigenvalue weighted by molar-refractivity contribution is 5.31. The van der Waals surface area contributed by atoms with Crippen molar-refractivity contribution in [3.05, 3.63) is 29.8 Å². The first-order valence-electron chi connectivity index (χ1n) is 5.75. The SMILES string of the molecule is COc1ccc(C(C)(O)C2CCCN2)cc1. The van der Waals surface area contributed by atoms with Crippen LogP contribution in [-0.4, -0.2) is 24.8 Å². The third-order valence-electron chi connectivity index (χ3n) is 3.41. The Bertz CT molecular complexity index is 339. The average molecular weight is 221 g/mol. The van der Waals surface area contributed by atoms with Gasteiger partial charge in [-0.2, -0.15) is 0 Å². The van der Waals surface area contributed by atoms with Gasteiger partial charge in [0.25, 0.3) is 0 Å². The molecule has 0 amide bonds. The van der Waals surface area contributed by atoms with Gasteiger partial charge in [-0.3, -0.25) is 0 Å². The van der Waals surface area contributed by atoms with Crippen molar-refractivity contribution >= 4 is 0 Å². The van der Waals surface area contributed by atoms with Crippen LogP contribution in [0.1, 0.15) is 25.3 Å². The molecule has 1 heterocycles. The molecule has 88 valence electrons. The fourth-order valence-corrected chi connectivity index (χ4v) is 2.29. The molecule has 1 aliphatic rings. The summed E-state index contributed by atoms with van der Waals surface area (Å²) in [6.45, 7) is 2.87. The van der Waals surface area contributed by atoms with E-state index in [4.69, 9.17) is 4.74 Å². The van der Waals surface area contributed by atoms with Gasteiger partial charge in [-0.15, -0.1) is 0 Å². The Morgan fingerprint density at radius 3 is 2.56 bits per heavy atom. The van der Waals surface area contributed by atoms with Crippen LogP contribution in [0, 0.1) is 0 Å². The van der Waals surface area contributed by atoms with Gasteiger partial charge in [-0.1, -0.05) is 12.1 Å². The van der Waals surface area contributed by atoms with Gasteiger partial charge in [0.05, 0.1) is 7.11 Å². The third-order valence-corrected chi connectivity index (χ3v) is 3.41. The van der Waals surface area contributed by atoms with E-state index in [9.17, 15) is 5.11 Å². The Morgan fingerprint density at radius 1 is 1.38 bits per heavy atom. The molecule has 0 spiro atoms. The first-order chi connectivity index (χ1) is 7.64. The number of rotatable bonds is 3. The molecule has 0 aliphatic carbocycles. The van der Waals surface area contributed by atoms with Gasteiger partial charge in [0.2, 0.25) is 0 Å². The van der Waals surface area contributed by atoms with Crippen LogP contribution in [0.5, 0.6) is 5.75 Å². The summed E-state index contributed by atoms with van der Waals surface area (Å²) in [4.78, 5) is 0. The Balaban J connectivity index is 2.20. The van der Waals surface area contributed by atoms with Gasteiger partial charge in [-0.25, -0.2) is 0 Å². The Kier molecular flexibility index (Phi) is 3.17. The highest BCUT2D eigenvalue weighted by Crippen LogP contribution is 2.30. The second-order valence-electron chi connectivity index (χ2n) is 4.52. The van der Waals surface area contributed by atoms with E-state index in [1.165, 1.54) is 0 Å². The molecule has 1 aliphatic heterocycles. The molecule has 1 aromatic rings. The lowest BCUT2D eigenvalue weighted by atomic mass is 9.87. The first-order valence-corrected chi connectivity index (χ1v) is 5.75. The summed E-state index contributed by atoms with van der Waals surface area (Å²) < 4.78 is 5.11. The van der Waals surface area contributed by atoms with Crippen molar-refractivity contribution in [2.45, 2.75) is 31.4 Å². The Hall–Kier alpha value is -1.06. The van der Waals surface area contributed by atoms with Crippen LogP contribution < -0.4 is 10.1 Å². The number of aliphatic hydroxyl groups is 1. The fourth-order valence-electron chi connectivity index (χ4n) is 2.29. The summed E-state index contributed by atoms with van der Waals surface area (Å²) in [6, 6.07) is 7.79. The van der Waals surface area contributed by atoms with Gasteiger partial charge >= 0.3 is 0 Å². The molecule has 3 heteroatoms. The Labute approximate surface area is 96.4 Å². The summed E-state index contributed by atoms with van der Waals surface area (Å²) in [5.74, 6) is 0.818. The number of ether oxygens (including phenoxy) is 1. The van der Waals surface area contributed by atoms with Crippen molar-refractivity contribution in [1.29, 1.82) is 0 Å². The van der Waals surface area contributed by atoms with Crippen LogP contribution in [0.3, 0.4) is 0 Å². The minimum Gasteiger partial charge on any atom is -0.497 e. The molecule has 0 aromatic heterocycles. The van der Waals surface area contributed by atoms with Gasteiger partial charge in [-0.05, 0) is 44.0 Å². The van der Waals surface area contributed by atoms with Gasteiger partial charge in [0.1, 0.15) is 11.4 Å². The fraction of sp³-hybridized carbons (Fsp3) is 0.538. The van der Waals surface area contributed by atoms with Crippen molar-refractivity contribution in [3.8, 4) is 5.75 Å². The quantitative estimate of drug-likeness (QED) is 0.815. The molecule has 0 bridgehead atoms. The first kappa shape index (κ1) is 11.4. The van der Waals surface area contributed by atoms with E-state index < -0.39 is 5.60 Å². The molecule has 16 heavy (non-hydrogen) atoms. The maximum Gasteiger partial charge on any atom is 0.118 e.